The van der Waals surface area contributed by atoms with Crippen LogP contribution in [0, 0.1) is 0 Å². The smallest absolute Gasteiger partial charge is 0.324 e. The van der Waals surface area contributed by atoms with Gasteiger partial charge in [-0.15, -0.1) is 0 Å². The van der Waals surface area contributed by atoms with Gasteiger partial charge in [0, 0.05) is 8.41 Å². The highest BCUT2D eigenvalue weighted by atomic mass is 31.2. The lowest BCUT2D eigenvalue weighted by Crippen LogP contribution is -2.02. The predicted molar refractivity (Wildman–Crippen MR) is 39.3 cm³/mol. The van der Waals surface area contributed by atoms with Crippen molar-refractivity contribution in [3.05, 3.63) is 0 Å². The van der Waals surface area contributed by atoms with Crippen molar-refractivity contribution < 1.29 is 28.7 Å². The third kappa shape index (κ3) is 4.74. The van der Waals surface area contributed by atoms with Crippen LogP contribution in [0.1, 0.15) is 6.92 Å². The van der Waals surface area contributed by atoms with Crippen molar-refractivity contribution in [2.45, 2.75) is 12.3 Å². The number of hydrogen-bond acceptors (Lipinski definition) is 2. The average Bonchev–Trinajstić information content (AvgIpc) is 1.59. The van der Waals surface area contributed by atoms with Crippen molar-refractivity contribution in [3.8, 4) is 0 Å². The Morgan fingerprint density at radius 1 is 1.00 bits per heavy atom. The fraction of sp³-hybridized carbons (Fsp3) is 1.00. The van der Waals surface area contributed by atoms with Gasteiger partial charge in [0.25, 0.3) is 0 Å². The summed E-state index contributed by atoms with van der Waals surface area (Å²) in [5.74, 6) is 0. The van der Waals surface area contributed by atoms with E-state index >= 15 is 0 Å². The van der Waals surface area contributed by atoms with Gasteiger partial charge in [-0.05, 0) is 6.92 Å². The van der Waals surface area contributed by atoms with Crippen LogP contribution in [-0.4, -0.2) is 33.4 Å². The molecular weight excluding hydrogens is 193 g/mol. The highest BCUT2D eigenvalue weighted by Crippen LogP contribution is 2.59. The lowest BCUT2D eigenvalue weighted by molar-refractivity contribution is 0.342. The first kappa shape index (κ1) is 13.9. The van der Waals surface area contributed by atoms with Gasteiger partial charge in [-0.25, -0.2) is 0 Å². The molecule has 0 aromatic carbocycles. The molecule has 9 heteroatoms. The lowest BCUT2D eigenvalue weighted by atomic mass is 10.8. The van der Waals surface area contributed by atoms with Gasteiger partial charge >= 0.3 is 15.2 Å². The number of rotatable bonds is 2. The van der Waals surface area contributed by atoms with Crippen molar-refractivity contribution in [3.63, 3.8) is 0 Å². The molecule has 11 heavy (non-hydrogen) atoms. The monoisotopic (exact) mass is 201 g/mol. The molecule has 0 spiro atoms. The van der Waals surface area contributed by atoms with Crippen LogP contribution in [0.4, 0.5) is 0 Å². The molecule has 3 radical (unpaired) electrons. The molecule has 0 heterocycles. The maximum atomic E-state index is 10.2. The summed E-state index contributed by atoms with van der Waals surface area (Å²) in [7, 11) is -9.28. The van der Waals surface area contributed by atoms with E-state index in [1.165, 1.54) is 0 Å². The quantitative estimate of drug-likeness (QED) is 0.347. The second-order valence-corrected chi connectivity index (χ2v) is 6.12. The van der Waals surface area contributed by atoms with E-state index in [1.807, 2.05) is 0 Å². The van der Waals surface area contributed by atoms with Gasteiger partial charge in [-0.2, -0.15) is 0 Å². The summed E-state index contributed by atoms with van der Waals surface area (Å²) in [6.45, 7) is 0.807. The minimum absolute atomic E-state index is 0. The molecule has 6 nitrogen and oxygen atoms in total. The summed E-state index contributed by atoms with van der Waals surface area (Å²) >= 11 is 0. The summed E-state index contributed by atoms with van der Waals surface area (Å²) in [5.41, 5.74) is 0. The van der Waals surface area contributed by atoms with Gasteiger partial charge in [0.2, 0.25) is 0 Å². The van der Waals surface area contributed by atoms with Gasteiger partial charge in [0.1, 0.15) is 0 Å². The molecule has 0 saturated heterocycles. The Morgan fingerprint density at radius 2 is 1.18 bits per heavy atom. The van der Waals surface area contributed by atoms with Crippen molar-refractivity contribution in [2.24, 2.45) is 0 Å². The van der Waals surface area contributed by atoms with Gasteiger partial charge in [-0.1, -0.05) is 0 Å². The second kappa shape index (κ2) is 3.85. The Kier molecular flexibility index (Phi) is 4.87. The minimum Gasteiger partial charge on any atom is -0.324 e. The third-order valence-corrected chi connectivity index (χ3v) is 4.73. The van der Waals surface area contributed by atoms with Crippen LogP contribution in [0.5, 0.6) is 0 Å². The first-order valence-corrected chi connectivity index (χ1v) is 5.62. The van der Waals surface area contributed by atoms with E-state index in [0.717, 1.165) is 6.92 Å². The van der Waals surface area contributed by atoms with E-state index in [9.17, 15) is 9.13 Å². The molecule has 0 rings (SSSR count). The summed E-state index contributed by atoms with van der Waals surface area (Å²) in [4.78, 5) is 33.0. The summed E-state index contributed by atoms with van der Waals surface area (Å²) in [5, 5.41) is -1.90. The van der Waals surface area contributed by atoms with E-state index in [2.05, 4.69) is 0 Å². The van der Waals surface area contributed by atoms with Crippen LogP contribution in [0.25, 0.3) is 0 Å². The third-order valence-electron chi connectivity index (χ3n) is 0.974. The lowest BCUT2D eigenvalue weighted by Gasteiger charge is -2.13. The van der Waals surface area contributed by atoms with Crippen LogP contribution in [0.2, 0.25) is 0 Å². The SMILES string of the molecule is CC(P(=O)(O)O)P(=O)(O)O.[B]. The Balaban J connectivity index is 0. The molecule has 0 aromatic heterocycles. The molecule has 0 saturated carbocycles. The van der Waals surface area contributed by atoms with Gasteiger partial charge in [0.05, 0.1) is 0 Å². The standard InChI is InChI=1S/C2H8O6P2.B/c1-2(9(3,4)5)10(6,7)8;/h2H,1H3,(H2,3,4,5)(H2,6,7,8);. The fourth-order valence-electron chi connectivity index (χ4n) is 0.196. The Morgan fingerprint density at radius 3 is 1.18 bits per heavy atom. The Labute approximate surface area is 65.5 Å². The normalized spacial score (nSPS) is 12.9. The Hall–Kier alpha value is 0.365. The maximum absolute atomic E-state index is 10.2. The molecule has 0 aliphatic heterocycles. The predicted octanol–water partition coefficient (Wildman–Crippen LogP) is -0.693. The average molecular weight is 201 g/mol. The second-order valence-electron chi connectivity index (χ2n) is 1.81. The topological polar surface area (TPSA) is 115 Å². The van der Waals surface area contributed by atoms with E-state index in [0.29, 0.717) is 0 Å². The summed E-state index contributed by atoms with van der Waals surface area (Å²) < 4.78 is 20.4. The van der Waals surface area contributed by atoms with Crippen LogP contribution in [0.15, 0.2) is 0 Å². The van der Waals surface area contributed by atoms with Crippen LogP contribution in [-0.2, 0) is 9.13 Å². The zero-order chi connectivity index (χ0) is 8.58. The largest absolute Gasteiger partial charge is 0.340 e. The number of hydrogen-bond donors (Lipinski definition) is 4. The van der Waals surface area contributed by atoms with Gasteiger partial charge in [-0.3, -0.25) is 9.13 Å². The summed E-state index contributed by atoms with van der Waals surface area (Å²) in [6.07, 6.45) is 0. The zero-order valence-electron chi connectivity index (χ0n) is 5.65. The highest BCUT2D eigenvalue weighted by Gasteiger charge is 2.38. The van der Waals surface area contributed by atoms with Crippen molar-refractivity contribution in [2.75, 3.05) is 0 Å². The van der Waals surface area contributed by atoms with Gasteiger partial charge < -0.3 is 19.6 Å². The highest BCUT2D eigenvalue weighted by molar-refractivity contribution is 7.70. The molecule has 0 aliphatic carbocycles. The van der Waals surface area contributed by atoms with Crippen LogP contribution >= 0.6 is 15.2 Å². The minimum atomic E-state index is -4.64. The van der Waals surface area contributed by atoms with Crippen LogP contribution in [0.3, 0.4) is 0 Å². The molecule has 0 bridgehead atoms. The molecule has 0 aromatic rings. The van der Waals surface area contributed by atoms with E-state index in [4.69, 9.17) is 19.6 Å². The Bertz CT molecular complexity index is 181. The fourth-order valence-corrected chi connectivity index (χ4v) is 1.76. The molecular formula is C2H8BO6P2. The first-order valence-electron chi connectivity index (χ1n) is 2.26. The molecule has 65 valence electrons. The molecule has 0 aliphatic rings. The van der Waals surface area contributed by atoms with E-state index < -0.39 is 20.6 Å². The van der Waals surface area contributed by atoms with Crippen LogP contribution < -0.4 is 0 Å². The zero-order valence-corrected chi connectivity index (χ0v) is 7.44. The van der Waals surface area contributed by atoms with Gasteiger partial charge in [0.15, 0.2) is 5.40 Å². The molecule has 0 fully saturated rings. The van der Waals surface area contributed by atoms with Crippen molar-refractivity contribution in [1.82, 2.24) is 0 Å². The van der Waals surface area contributed by atoms with E-state index in [-0.39, 0.29) is 8.41 Å². The maximum Gasteiger partial charge on any atom is 0.340 e. The van der Waals surface area contributed by atoms with E-state index in [1.54, 1.807) is 0 Å². The van der Waals surface area contributed by atoms with Crippen molar-refractivity contribution in [1.29, 1.82) is 0 Å². The molecule has 4 N–H and O–H groups in total. The molecule has 0 atom stereocenters. The molecule has 0 amide bonds. The molecule has 0 unspecified atom stereocenters. The first-order chi connectivity index (χ1) is 4.15. The van der Waals surface area contributed by atoms with Crippen molar-refractivity contribution >= 4 is 23.6 Å². The summed E-state index contributed by atoms with van der Waals surface area (Å²) in [6, 6.07) is 0.